The van der Waals surface area contributed by atoms with Crippen LogP contribution in [0.4, 0.5) is 0 Å². The Morgan fingerprint density at radius 2 is 2.50 bits per heavy atom. The summed E-state index contributed by atoms with van der Waals surface area (Å²) >= 11 is 10.3. The van der Waals surface area contributed by atoms with Crippen molar-refractivity contribution in [1.29, 1.82) is 0 Å². The van der Waals surface area contributed by atoms with E-state index in [0.29, 0.717) is 9.69 Å². The minimum atomic E-state index is 0.375. The normalized spacial score (nSPS) is 24.4. The molecule has 0 aromatic heterocycles. The van der Waals surface area contributed by atoms with E-state index in [-0.39, 0.29) is 0 Å². The summed E-state index contributed by atoms with van der Waals surface area (Å²) < 4.78 is 0.562. The van der Waals surface area contributed by atoms with Gasteiger partial charge in [0.1, 0.15) is 4.32 Å². The first-order valence-electron chi connectivity index (χ1n) is 2.10. The fraction of sp³-hybridized carbons (Fsp3) is 0.250. The standard InChI is InChI=1S/C4H5NS3/c6-4(7)5-3-1-2-8-3/h1-3H,(H2,5,6,7). The molecule has 1 N–H and O–H groups in total. The lowest BCUT2D eigenvalue weighted by atomic mass is 10.6. The highest BCUT2D eigenvalue weighted by molar-refractivity contribution is 8.11. The maximum atomic E-state index is 4.68. The molecule has 44 valence electrons. The zero-order chi connectivity index (χ0) is 5.98. The van der Waals surface area contributed by atoms with Gasteiger partial charge in [-0.25, -0.2) is 0 Å². The van der Waals surface area contributed by atoms with Gasteiger partial charge in [-0.3, -0.25) is 0 Å². The van der Waals surface area contributed by atoms with Gasteiger partial charge in [-0.15, -0.1) is 24.4 Å². The second-order valence-corrected chi connectivity index (χ2v) is 3.54. The Kier molecular flexibility index (Phi) is 2.22. The summed E-state index contributed by atoms with van der Waals surface area (Å²) in [5.74, 6) is 0. The van der Waals surface area contributed by atoms with E-state index in [1.807, 2.05) is 11.5 Å². The summed E-state index contributed by atoms with van der Waals surface area (Å²) in [4.78, 5) is 0. The van der Waals surface area contributed by atoms with E-state index in [0.717, 1.165) is 0 Å². The maximum absolute atomic E-state index is 4.68. The first kappa shape index (κ1) is 6.45. The van der Waals surface area contributed by atoms with E-state index < -0.39 is 0 Å². The van der Waals surface area contributed by atoms with Crippen molar-refractivity contribution in [3.8, 4) is 0 Å². The molecule has 0 aromatic carbocycles. The van der Waals surface area contributed by atoms with E-state index in [9.17, 15) is 0 Å². The van der Waals surface area contributed by atoms with Crippen LogP contribution in [0.2, 0.25) is 0 Å². The Hall–Kier alpha value is 0.330. The van der Waals surface area contributed by atoms with Gasteiger partial charge in [0.15, 0.2) is 0 Å². The van der Waals surface area contributed by atoms with Gasteiger partial charge in [0.2, 0.25) is 0 Å². The van der Waals surface area contributed by atoms with Crippen molar-refractivity contribution in [3.05, 3.63) is 11.5 Å². The molecule has 1 heterocycles. The molecule has 1 rings (SSSR count). The SMILES string of the molecule is S=C(S)NC1C=CS1. The van der Waals surface area contributed by atoms with E-state index in [1.54, 1.807) is 11.8 Å². The van der Waals surface area contributed by atoms with Gasteiger partial charge >= 0.3 is 0 Å². The molecule has 0 amide bonds. The molecule has 1 aliphatic rings. The van der Waals surface area contributed by atoms with Crippen LogP contribution in [0, 0.1) is 0 Å². The Balaban J connectivity index is 2.20. The molecular weight excluding hydrogens is 158 g/mol. The van der Waals surface area contributed by atoms with E-state index in [1.165, 1.54) is 0 Å². The second kappa shape index (κ2) is 2.75. The Morgan fingerprint density at radius 3 is 2.62 bits per heavy atom. The fourth-order valence-corrected chi connectivity index (χ4v) is 1.29. The molecule has 0 aliphatic carbocycles. The lowest BCUT2D eigenvalue weighted by Gasteiger charge is -2.17. The monoisotopic (exact) mass is 163 g/mol. The molecule has 0 saturated heterocycles. The molecule has 4 heteroatoms. The van der Waals surface area contributed by atoms with Crippen molar-refractivity contribution in [1.82, 2.24) is 5.32 Å². The molecular formula is C4H5NS3. The summed E-state index contributed by atoms with van der Waals surface area (Å²) in [7, 11) is 0. The minimum absolute atomic E-state index is 0.375. The van der Waals surface area contributed by atoms with Crippen molar-refractivity contribution < 1.29 is 0 Å². The van der Waals surface area contributed by atoms with Crippen LogP contribution in [0.3, 0.4) is 0 Å². The molecule has 0 fully saturated rings. The number of thiol groups is 1. The van der Waals surface area contributed by atoms with Gasteiger partial charge in [-0.2, -0.15) is 0 Å². The lowest BCUT2D eigenvalue weighted by Crippen LogP contribution is -2.28. The third-order valence-electron chi connectivity index (χ3n) is 0.744. The average Bonchev–Trinajstić information content (AvgIpc) is 1.55. The zero-order valence-electron chi connectivity index (χ0n) is 4.00. The van der Waals surface area contributed by atoms with Gasteiger partial charge in [0, 0.05) is 0 Å². The van der Waals surface area contributed by atoms with E-state index >= 15 is 0 Å². The van der Waals surface area contributed by atoms with Crippen LogP contribution >= 0.6 is 36.6 Å². The van der Waals surface area contributed by atoms with Crippen molar-refractivity contribution >= 4 is 40.9 Å². The van der Waals surface area contributed by atoms with Gasteiger partial charge in [-0.1, -0.05) is 12.2 Å². The maximum Gasteiger partial charge on any atom is 0.131 e. The van der Waals surface area contributed by atoms with Gasteiger partial charge in [-0.05, 0) is 11.5 Å². The van der Waals surface area contributed by atoms with Crippen LogP contribution in [0.25, 0.3) is 0 Å². The smallest absolute Gasteiger partial charge is 0.131 e. The van der Waals surface area contributed by atoms with Crippen LogP contribution < -0.4 is 5.32 Å². The topological polar surface area (TPSA) is 12.0 Å². The Bertz CT molecular complexity index is 131. The highest BCUT2D eigenvalue weighted by atomic mass is 32.2. The average molecular weight is 163 g/mol. The van der Waals surface area contributed by atoms with Crippen LogP contribution in [-0.4, -0.2) is 9.69 Å². The molecule has 0 aromatic rings. The predicted octanol–water partition coefficient (Wildman–Crippen LogP) is 1.38. The van der Waals surface area contributed by atoms with Crippen molar-refractivity contribution in [3.63, 3.8) is 0 Å². The highest BCUT2D eigenvalue weighted by Crippen LogP contribution is 2.21. The summed E-state index contributed by atoms with van der Waals surface area (Å²) in [5, 5.41) is 5.34. The third-order valence-corrected chi connectivity index (χ3v) is 1.87. The molecule has 1 aliphatic heterocycles. The molecule has 1 nitrogen and oxygen atoms in total. The van der Waals surface area contributed by atoms with Crippen molar-refractivity contribution in [2.24, 2.45) is 0 Å². The third kappa shape index (κ3) is 1.69. The second-order valence-electron chi connectivity index (χ2n) is 1.33. The number of hydrogen-bond acceptors (Lipinski definition) is 2. The van der Waals surface area contributed by atoms with E-state index in [2.05, 4.69) is 30.2 Å². The minimum Gasteiger partial charge on any atom is -0.356 e. The fourth-order valence-electron chi connectivity index (χ4n) is 0.361. The molecule has 8 heavy (non-hydrogen) atoms. The first-order valence-corrected chi connectivity index (χ1v) is 3.90. The molecule has 0 radical (unpaired) electrons. The van der Waals surface area contributed by atoms with Crippen LogP contribution in [0.5, 0.6) is 0 Å². The van der Waals surface area contributed by atoms with Gasteiger partial charge < -0.3 is 5.32 Å². The van der Waals surface area contributed by atoms with E-state index in [4.69, 9.17) is 0 Å². The molecule has 0 bridgehead atoms. The summed E-state index contributed by atoms with van der Waals surface area (Å²) in [5.41, 5.74) is 0. The number of hydrogen-bond donors (Lipinski definition) is 2. The molecule has 1 atom stereocenters. The number of rotatable bonds is 1. The summed E-state index contributed by atoms with van der Waals surface area (Å²) in [6, 6.07) is 0. The van der Waals surface area contributed by atoms with Gasteiger partial charge in [0.05, 0.1) is 5.37 Å². The first-order chi connectivity index (χ1) is 3.79. The van der Waals surface area contributed by atoms with Crippen LogP contribution in [0.1, 0.15) is 0 Å². The Labute approximate surface area is 63.3 Å². The number of thioether (sulfide) groups is 1. The highest BCUT2D eigenvalue weighted by Gasteiger charge is 2.08. The predicted molar refractivity (Wildman–Crippen MR) is 45.2 cm³/mol. The zero-order valence-corrected chi connectivity index (χ0v) is 6.52. The number of nitrogens with one attached hydrogen (secondary N) is 1. The van der Waals surface area contributed by atoms with Gasteiger partial charge in [0.25, 0.3) is 0 Å². The van der Waals surface area contributed by atoms with Crippen LogP contribution in [-0.2, 0) is 0 Å². The van der Waals surface area contributed by atoms with Crippen molar-refractivity contribution in [2.75, 3.05) is 0 Å². The quantitative estimate of drug-likeness (QED) is 0.448. The molecule has 0 spiro atoms. The lowest BCUT2D eigenvalue weighted by molar-refractivity contribution is 0.998. The molecule has 0 saturated carbocycles. The van der Waals surface area contributed by atoms with Crippen LogP contribution in [0.15, 0.2) is 11.5 Å². The Morgan fingerprint density at radius 1 is 1.88 bits per heavy atom. The summed E-state index contributed by atoms with van der Waals surface area (Å²) in [6.07, 6.45) is 2.03. The van der Waals surface area contributed by atoms with Crippen molar-refractivity contribution in [2.45, 2.75) is 5.37 Å². The summed E-state index contributed by atoms with van der Waals surface area (Å²) in [6.45, 7) is 0. The largest absolute Gasteiger partial charge is 0.356 e. The molecule has 1 unspecified atom stereocenters. The number of thiocarbonyl (C=S) groups is 1.